The highest BCUT2D eigenvalue weighted by Gasteiger charge is 2.24. The first-order valence-electron chi connectivity index (χ1n) is 8.25. The number of aromatic nitrogens is 1. The maximum absolute atomic E-state index is 13.4. The molecule has 9 heteroatoms. The summed E-state index contributed by atoms with van der Waals surface area (Å²) in [5.74, 6) is -0.812. The standard InChI is InChI=1S/C19H18Cl2FN3OS.ClH/c1-11-4-7-14(20)17-16(11)23-19(27-17)25(9-8-24(2)3)18(26)13-6-5-12(22)10-15(13)21;/h4-7,10H,8-9H2,1-3H3;1H. The number of rotatable bonds is 5. The number of amides is 1. The molecule has 0 aliphatic rings. The summed E-state index contributed by atoms with van der Waals surface area (Å²) in [5, 5.41) is 1.21. The second kappa shape index (κ2) is 9.37. The second-order valence-corrected chi connectivity index (χ2v) is 8.21. The first kappa shape index (κ1) is 22.8. The quantitative estimate of drug-likeness (QED) is 0.489. The average molecular weight is 463 g/mol. The van der Waals surface area contributed by atoms with E-state index >= 15 is 0 Å². The van der Waals surface area contributed by atoms with E-state index in [1.54, 1.807) is 4.90 Å². The lowest BCUT2D eigenvalue weighted by Crippen LogP contribution is -2.36. The van der Waals surface area contributed by atoms with E-state index in [0.717, 1.165) is 21.8 Å². The number of hydrogen-bond donors (Lipinski definition) is 0. The molecule has 4 nitrogen and oxygen atoms in total. The van der Waals surface area contributed by atoms with Crippen LogP contribution >= 0.6 is 46.9 Å². The SMILES string of the molecule is Cc1ccc(Cl)c2sc(N(CCN(C)C)C(=O)c3ccc(F)cc3Cl)nc12.Cl. The smallest absolute Gasteiger partial charge is 0.261 e. The summed E-state index contributed by atoms with van der Waals surface area (Å²) < 4.78 is 14.2. The molecule has 0 saturated carbocycles. The van der Waals surface area contributed by atoms with Gasteiger partial charge < -0.3 is 4.90 Å². The van der Waals surface area contributed by atoms with Crippen LogP contribution in [0.1, 0.15) is 15.9 Å². The van der Waals surface area contributed by atoms with Gasteiger partial charge in [-0.1, -0.05) is 40.6 Å². The van der Waals surface area contributed by atoms with Crippen LogP contribution in [0.3, 0.4) is 0 Å². The summed E-state index contributed by atoms with van der Waals surface area (Å²) in [7, 11) is 3.85. The zero-order chi connectivity index (χ0) is 19.7. The lowest BCUT2D eigenvalue weighted by molar-refractivity contribution is 0.0985. The van der Waals surface area contributed by atoms with E-state index in [1.165, 1.54) is 23.5 Å². The van der Waals surface area contributed by atoms with Crippen molar-refractivity contribution >= 4 is 68.2 Å². The third kappa shape index (κ3) is 4.75. The number of thiazole rings is 1. The molecular formula is C19H19Cl3FN3OS. The molecular weight excluding hydrogens is 444 g/mol. The molecule has 3 aromatic rings. The van der Waals surface area contributed by atoms with Crippen LogP contribution in [-0.2, 0) is 0 Å². The molecule has 0 spiro atoms. The number of hydrogen-bond acceptors (Lipinski definition) is 4. The van der Waals surface area contributed by atoms with E-state index in [9.17, 15) is 9.18 Å². The number of aryl methyl sites for hydroxylation is 1. The van der Waals surface area contributed by atoms with Crippen molar-refractivity contribution in [3.8, 4) is 0 Å². The number of halogens is 4. The van der Waals surface area contributed by atoms with Crippen LogP contribution in [0.25, 0.3) is 10.2 Å². The lowest BCUT2D eigenvalue weighted by Gasteiger charge is -2.22. The van der Waals surface area contributed by atoms with Crippen molar-refractivity contribution in [1.29, 1.82) is 0 Å². The fourth-order valence-corrected chi connectivity index (χ4v) is 4.19. The first-order chi connectivity index (χ1) is 12.8. The van der Waals surface area contributed by atoms with Gasteiger partial charge >= 0.3 is 0 Å². The van der Waals surface area contributed by atoms with E-state index in [-0.39, 0.29) is 28.9 Å². The molecule has 0 fully saturated rings. The predicted molar refractivity (Wildman–Crippen MR) is 118 cm³/mol. The molecule has 0 unspecified atom stereocenters. The van der Waals surface area contributed by atoms with Crippen LogP contribution in [0.4, 0.5) is 9.52 Å². The molecule has 0 radical (unpaired) electrons. The van der Waals surface area contributed by atoms with Crippen molar-refractivity contribution in [2.24, 2.45) is 0 Å². The lowest BCUT2D eigenvalue weighted by atomic mass is 10.2. The van der Waals surface area contributed by atoms with Crippen LogP contribution in [0, 0.1) is 12.7 Å². The van der Waals surface area contributed by atoms with Crippen LogP contribution in [-0.4, -0.2) is 43.0 Å². The summed E-state index contributed by atoms with van der Waals surface area (Å²) >= 11 is 13.8. The Balaban J connectivity index is 0.00000280. The Kier molecular flexibility index (Phi) is 7.65. The van der Waals surface area contributed by atoms with Gasteiger partial charge in [0.2, 0.25) is 0 Å². The third-order valence-electron chi connectivity index (χ3n) is 4.09. The minimum atomic E-state index is -0.487. The first-order valence-corrected chi connectivity index (χ1v) is 9.82. The average Bonchev–Trinajstić information content (AvgIpc) is 3.04. The van der Waals surface area contributed by atoms with Crippen molar-refractivity contribution in [3.63, 3.8) is 0 Å². The van der Waals surface area contributed by atoms with E-state index in [2.05, 4.69) is 4.98 Å². The van der Waals surface area contributed by atoms with Crippen molar-refractivity contribution in [2.45, 2.75) is 6.92 Å². The van der Waals surface area contributed by atoms with Crippen molar-refractivity contribution < 1.29 is 9.18 Å². The van der Waals surface area contributed by atoms with Gasteiger partial charge in [0, 0.05) is 13.1 Å². The molecule has 0 aliphatic carbocycles. The van der Waals surface area contributed by atoms with Crippen molar-refractivity contribution in [3.05, 3.63) is 57.3 Å². The van der Waals surface area contributed by atoms with Gasteiger partial charge in [0.1, 0.15) is 5.82 Å². The van der Waals surface area contributed by atoms with Gasteiger partial charge in [0.25, 0.3) is 5.91 Å². The number of anilines is 1. The van der Waals surface area contributed by atoms with Gasteiger partial charge in [-0.2, -0.15) is 0 Å². The Hall–Kier alpha value is -1.44. The molecule has 0 bridgehead atoms. The number of benzene rings is 2. The Morgan fingerprint density at radius 2 is 1.86 bits per heavy atom. The number of carbonyl (C=O) groups excluding carboxylic acids is 1. The summed E-state index contributed by atoms with van der Waals surface area (Å²) in [5.41, 5.74) is 1.99. The van der Waals surface area contributed by atoms with E-state index in [1.807, 2.05) is 38.1 Å². The highest BCUT2D eigenvalue weighted by atomic mass is 35.5. The molecule has 28 heavy (non-hydrogen) atoms. The molecule has 1 heterocycles. The minimum Gasteiger partial charge on any atom is -0.308 e. The fraction of sp³-hybridized carbons (Fsp3) is 0.263. The highest BCUT2D eigenvalue weighted by Crippen LogP contribution is 2.36. The number of likely N-dealkylation sites (N-methyl/N-ethyl adjacent to an activating group) is 1. The molecule has 3 rings (SSSR count). The van der Waals surface area contributed by atoms with Gasteiger partial charge in [-0.3, -0.25) is 9.69 Å². The van der Waals surface area contributed by atoms with E-state index < -0.39 is 5.82 Å². The Labute approximate surface area is 183 Å². The number of nitrogens with zero attached hydrogens (tertiary/aromatic N) is 3. The maximum atomic E-state index is 13.4. The molecule has 0 atom stereocenters. The Morgan fingerprint density at radius 1 is 1.14 bits per heavy atom. The molecule has 1 aromatic heterocycles. The van der Waals surface area contributed by atoms with Crippen LogP contribution in [0.5, 0.6) is 0 Å². The van der Waals surface area contributed by atoms with Gasteiger partial charge in [-0.05, 0) is 50.8 Å². The topological polar surface area (TPSA) is 36.4 Å². The zero-order valence-electron chi connectivity index (χ0n) is 15.5. The molecule has 0 N–H and O–H groups in total. The largest absolute Gasteiger partial charge is 0.308 e. The van der Waals surface area contributed by atoms with Gasteiger partial charge in [0.15, 0.2) is 5.13 Å². The van der Waals surface area contributed by atoms with E-state index in [0.29, 0.717) is 23.2 Å². The van der Waals surface area contributed by atoms with Crippen molar-refractivity contribution in [2.75, 3.05) is 32.1 Å². The van der Waals surface area contributed by atoms with Gasteiger partial charge in [-0.25, -0.2) is 9.37 Å². The van der Waals surface area contributed by atoms with E-state index in [4.69, 9.17) is 23.2 Å². The monoisotopic (exact) mass is 461 g/mol. The summed E-state index contributed by atoms with van der Waals surface area (Å²) in [6.07, 6.45) is 0. The maximum Gasteiger partial charge on any atom is 0.261 e. The highest BCUT2D eigenvalue weighted by molar-refractivity contribution is 7.23. The van der Waals surface area contributed by atoms with Crippen molar-refractivity contribution in [1.82, 2.24) is 9.88 Å². The Morgan fingerprint density at radius 3 is 2.46 bits per heavy atom. The number of carbonyl (C=O) groups is 1. The zero-order valence-corrected chi connectivity index (χ0v) is 18.6. The molecule has 1 amide bonds. The summed E-state index contributed by atoms with van der Waals surface area (Å²) in [4.78, 5) is 21.4. The Bertz CT molecular complexity index is 970. The van der Waals surface area contributed by atoms with Gasteiger partial charge in [0.05, 0.1) is 25.8 Å². The fourth-order valence-electron chi connectivity index (χ4n) is 2.60. The minimum absolute atomic E-state index is 0. The normalized spacial score (nSPS) is 11.0. The molecule has 150 valence electrons. The predicted octanol–water partition coefficient (Wildman–Crippen LogP) is 5.68. The molecule has 2 aromatic carbocycles. The number of fused-ring (bicyclic) bond motifs is 1. The molecule has 0 aliphatic heterocycles. The van der Waals surface area contributed by atoms with Crippen LogP contribution < -0.4 is 4.90 Å². The second-order valence-electron chi connectivity index (χ2n) is 6.42. The molecule has 0 saturated heterocycles. The third-order valence-corrected chi connectivity index (χ3v) is 5.95. The summed E-state index contributed by atoms with van der Waals surface area (Å²) in [6.45, 7) is 2.99. The van der Waals surface area contributed by atoms with Crippen LogP contribution in [0.15, 0.2) is 30.3 Å². The summed E-state index contributed by atoms with van der Waals surface area (Å²) in [6, 6.07) is 7.48. The van der Waals surface area contributed by atoms with Crippen LogP contribution in [0.2, 0.25) is 10.0 Å². The van der Waals surface area contributed by atoms with Gasteiger partial charge in [-0.15, -0.1) is 12.4 Å².